The van der Waals surface area contributed by atoms with E-state index in [1.54, 1.807) is 30.3 Å². The maximum atomic E-state index is 13.6. The Hall–Kier alpha value is -5.46. The number of benzene rings is 4. The van der Waals surface area contributed by atoms with Gasteiger partial charge < -0.3 is 30.8 Å². The molecule has 1 aromatic heterocycles. The predicted molar refractivity (Wildman–Crippen MR) is 168 cm³/mol. The number of nitrogen functional groups attached to an aromatic ring is 1. The van der Waals surface area contributed by atoms with Crippen molar-refractivity contribution < 1.29 is 35.5 Å². The molecule has 15 nitrogen and oxygen atoms in total. The van der Waals surface area contributed by atoms with Crippen molar-refractivity contribution in [1.82, 2.24) is 15.0 Å². The maximum Gasteiger partial charge on any atom is 0.233 e. The molecule has 6 rings (SSSR count). The van der Waals surface area contributed by atoms with Crippen molar-refractivity contribution in [2.24, 2.45) is 0 Å². The normalized spacial score (nSPS) is 12.7. The molecule has 0 spiro atoms. The highest BCUT2D eigenvalue weighted by Crippen LogP contribution is 2.40. The van der Waals surface area contributed by atoms with Crippen LogP contribution in [0, 0.1) is 0 Å². The molecule has 0 bridgehead atoms. The van der Waals surface area contributed by atoms with E-state index in [1.165, 1.54) is 30.3 Å². The van der Waals surface area contributed by atoms with Gasteiger partial charge in [0.2, 0.25) is 17.2 Å². The molecular weight excluding hydrogens is 674 g/mol. The summed E-state index contributed by atoms with van der Waals surface area (Å²) in [5, 5.41) is 7.93. The van der Waals surface area contributed by atoms with Crippen molar-refractivity contribution in [2.45, 2.75) is 9.79 Å². The number of anilines is 7. The second-order valence-corrected chi connectivity index (χ2v) is 12.9. The molecule has 238 valence electrons. The van der Waals surface area contributed by atoms with Crippen LogP contribution in [0.25, 0.3) is 0 Å². The summed E-state index contributed by atoms with van der Waals surface area (Å²) in [6.45, 7) is 0. The number of nitrogens with one attached hydrogen (secondary N) is 3. The van der Waals surface area contributed by atoms with Crippen molar-refractivity contribution in [1.29, 1.82) is 0 Å². The van der Waals surface area contributed by atoms with Gasteiger partial charge in [-0.05, 0) is 48.0 Å². The average molecular weight is 692 g/mol. The van der Waals surface area contributed by atoms with Crippen molar-refractivity contribution in [2.75, 3.05) is 21.7 Å². The van der Waals surface area contributed by atoms with Gasteiger partial charge in [0.15, 0.2) is 11.6 Å². The summed E-state index contributed by atoms with van der Waals surface area (Å²) >= 11 is 6.04. The van der Waals surface area contributed by atoms with Crippen LogP contribution in [0.15, 0.2) is 88.7 Å². The summed E-state index contributed by atoms with van der Waals surface area (Å²) in [5.74, 6) is -1.75. The Morgan fingerprint density at radius 2 is 1.19 bits per heavy atom. The summed E-state index contributed by atoms with van der Waals surface area (Å²) in [5.41, 5.74) is 4.14. The Kier molecular flexibility index (Phi) is 7.86. The number of fused-ring (bicyclic) bond motifs is 2. The van der Waals surface area contributed by atoms with Crippen LogP contribution in [0.2, 0.25) is 5.28 Å². The number of para-hydroxylation sites is 1. The van der Waals surface area contributed by atoms with Crippen LogP contribution < -0.4 is 21.7 Å². The number of aromatic nitrogens is 3. The number of rotatable bonds is 8. The first-order valence-corrected chi connectivity index (χ1v) is 16.4. The lowest BCUT2D eigenvalue weighted by atomic mass is 9.82. The molecule has 5 N–H and O–H groups in total. The fourth-order valence-corrected chi connectivity index (χ4v) is 6.35. The molecule has 1 heterocycles. The Morgan fingerprint density at radius 1 is 0.617 bits per heavy atom. The van der Waals surface area contributed by atoms with E-state index >= 15 is 0 Å². The topological polar surface area (TPSA) is 249 Å². The van der Waals surface area contributed by atoms with E-state index in [0.29, 0.717) is 5.69 Å². The number of hydrogen-bond donors (Lipinski definition) is 4. The van der Waals surface area contributed by atoms with Crippen LogP contribution in [0.3, 0.4) is 0 Å². The molecule has 4 aromatic carbocycles. The molecule has 0 aliphatic heterocycles. The lowest BCUT2D eigenvalue weighted by Gasteiger charge is -2.25. The van der Waals surface area contributed by atoms with Crippen LogP contribution >= 0.6 is 11.6 Å². The van der Waals surface area contributed by atoms with Crippen LogP contribution in [0.4, 0.5) is 40.3 Å². The van der Waals surface area contributed by atoms with Gasteiger partial charge in [0.25, 0.3) is 0 Å². The van der Waals surface area contributed by atoms with Crippen LogP contribution in [0.1, 0.15) is 31.8 Å². The Bertz CT molecular complexity index is 2360. The van der Waals surface area contributed by atoms with Gasteiger partial charge in [-0.3, -0.25) is 9.59 Å². The highest BCUT2D eigenvalue weighted by molar-refractivity contribution is 7.86. The molecule has 5 aromatic rings. The Labute approximate surface area is 271 Å². The number of nitrogens with zero attached hydrogens (tertiary/aromatic N) is 3. The van der Waals surface area contributed by atoms with E-state index in [4.69, 9.17) is 17.3 Å². The average Bonchev–Trinajstić information content (AvgIpc) is 3.00. The summed E-state index contributed by atoms with van der Waals surface area (Å²) in [6.07, 6.45) is 0. The first-order chi connectivity index (χ1) is 22.2. The predicted octanol–water partition coefficient (Wildman–Crippen LogP) is 3.92. The van der Waals surface area contributed by atoms with Gasteiger partial charge in [-0.15, -0.1) is 0 Å². The zero-order valence-electron chi connectivity index (χ0n) is 23.4. The Balaban J connectivity index is 1.42. The molecule has 0 saturated heterocycles. The van der Waals surface area contributed by atoms with Gasteiger partial charge in [0, 0.05) is 22.5 Å². The fraction of sp³-hybridized carbons (Fsp3) is 0. The minimum Gasteiger partial charge on any atom is -0.744 e. The van der Waals surface area contributed by atoms with Gasteiger partial charge in [-0.25, -0.2) is 16.8 Å². The fourth-order valence-electron chi connectivity index (χ4n) is 4.90. The molecule has 1 aliphatic rings. The van der Waals surface area contributed by atoms with Gasteiger partial charge in [-0.1, -0.05) is 42.5 Å². The van der Waals surface area contributed by atoms with Gasteiger partial charge in [0.05, 0.1) is 38.0 Å². The van der Waals surface area contributed by atoms with Crippen LogP contribution in [0.5, 0.6) is 0 Å². The zero-order chi connectivity index (χ0) is 33.7. The number of carbonyl (C=O) groups is 2. The minimum atomic E-state index is -5.27. The van der Waals surface area contributed by atoms with E-state index in [-0.39, 0.29) is 50.9 Å². The largest absolute Gasteiger partial charge is 0.744 e. The van der Waals surface area contributed by atoms with Gasteiger partial charge in [0.1, 0.15) is 20.2 Å². The maximum absolute atomic E-state index is 13.6. The third-order valence-corrected chi connectivity index (χ3v) is 8.81. The van der Waals surface area contributed by atoms with Gasteiger partial charge in [-0.2, -0.15) is 15.0 Å². The third-order valence-electron chi connectivity index (χ3n) is 6.88. The Morgan fingerprint density at radius 3 is 1.81 bits per heavy atom. The van der Waals surface area contributed by atoms with Gasteiger partial charge >= 0.3 is 0 Å². The first kappa shape index (κ1) is 31.5. The number of ketones is 2. The van der Waals surface area contributed by atoms with Crippen molar-refractivity contribution in [3.8, 4) is 0 Å². The molecule has 0 atom stereocenters. The van der Waals surface area contributed by atoms with Crippen molar-refractivity contribution in [3.63, 3.8) is 0 Å². The van der Waals surface area contributed by atoms with E-state index in [9.17, 15) is 35.5 Å². The highest BCUT2D eigenvalue weighted by Gasteiger charge is 2.35. The quantitative estimate of drug-likeness (QED) is 0.130. The second-order valence-electron chi connectivity index (χ2n) is 9.90. The minimum absolute atomic E-state index is 0.00144. The lowest BCUT2D eigenvalue weighted by Crippen LogP contribution is -2.25. The summed E-state index contributed by atoms with van der Waals surface area (Å²) in [4.78, 5) is 37.2. The molecule has 0 amide bonds. The molecule has 1 aliphatic carbocycles. The number of nitrogens with two attached hydrogens (primary N) is 1. The molecule has 18 heteroatoms. The van der Waals surface area contributed by atoms with Crippen LogP contribution in [-0.2, 0) is 20.2 Å². The zero-order valence-corrected chi connectivity index (χ0v) is 25.8. The molecule has 0 fully saturated rings. The number of halogens is 1. The molecule has 47 heavy (non-hydrogen) atoms. The number of hydrogen-bond acceptors (Lipinski definition) is 15. The third kappa shape index (κ3) is 6.20. The smallest absolute Gasteiger partial charge is 0.233 e. The molecule has 0 radical (unpaired) electrons. The molecule has 0 unspecified atom stereocenters. The molecular formula is C29H18ClN7O8S2-2. The van der Waals surface area contributed by atoms with E-state index < -0.39 is 52.8 Å². The second kappa shape index (κ2) is 11.7. The van der Waals surface area contributed by atoms with Crippen molar-refractivity contribution >= 4 is 83.7 Å². The van der Waals surface area contributed by atoms with E-state index in [1.807, 2.05) is 0 Å². The van der Waals surface area contributed by atoms with Crippen LogP contribution in [-0.4, -0.2) is 52.5 Å². The SMILES string of the molecule is Nc1c(S(=O)(=O)[O-])cc(Nc2ccc(Nc3nc(Cl)nc(Nc4ccccc4)n3)c(S(=O)(=O)[O-])c2)c2c1C(=O)c1ccccc1C2=O. The van der Waals surface area contributed by atoms with Crippen molar-refractivity contribution in [3.05, 3.63) is 106 Å². The summed E-state index contributed by atoms with van der Waals surface area (Å²) < 4.78 is 73.4. The number of carbonyl (C=O) groups excluding carboxylic acids is 2. The first-order valence-electron chi connectivity index (χ1n) is 13.2. The monoisotopic (exact) mass is 691 g/mol. The lowest BCUT2D eigenvalue weighted by molar-refractivity contribution is 0.0980. The standard InChI is InChI=1S/C29H20ClN7O8S2/c30-27-35-28(33-14-6-2-1-3-7-14)37-29(36-27)34-18-11-10-15(12-20(18)46(40,41)42)32-19-13-21(47(43,44)45)24(31)23-22(19)25(38)16-8-4-5-9-17(16)26(23)39/h1-13,32H,31H2,(H,40,41,42)(H,43,44,45)(H2,33,34,35,36,37)/p-2. The summed E-state index contributed by atoms with van der Waals surface area (Å²) in [6, 6.07) is 18.6. The van der Waals surface area contributed by atoms with E-state index in [2.05, 4.69) is 30.9 Å². The summed E-state index contributed by atoms with van der Waals surface area (Å²) in [7, 11) is -10.5. The highest BCUT2D eigenvalue weighted by atomic mass is 35.5. The molecule has 0 saturated carbocycles. The van der Waals surface area contributed by atoms with E-state index in [0.717, 1.165) is 18.2 Å².